The zero-order chi connectivity index (χ0) is 19.8. The summed E-state index contributed by atoms with van der Waals surface area (Å²) in [5, 5.41) is 0. The number of carbonyl (C=O) groups is 1. The van der Waals surface area contributed by atoms with Crippen LogP contribution in [0.15, 0.2) is 36.7 Å². The van der Waals surface area contributed by atoms with Crippen molar-refractivity contribution in [3.8, 4) is 11.5 Å². The molecular formula is C22H25NO5. The van der Waals surface area contributed by atoms with Crippen LogP contribution in [0.25, 0.3) is 6.08 Å². The SMILES string of the molecule is CCOC(=O)/C=C/c1cc2c(c(Cc3cccnc3)c1OCOC)CCCO2. The summed E-state index contributed by atoms with van der Waals surface area (Å²) in [5.41, 5.74) is 3.99. The molecule has 6 heteroatoms. The quantitative estimate of drug-likeness (QED) is 0.394. The molecule has 28 heavy (non-hydrogen) atoms. The molecule has 0 amide bonds. The van der Waals surface area contributed by atoms with Crippen LogP contribution in [0.3, 0.4) is 0 Å². The van der Waals surface area contributed by atoms with Crippen LogP contribution < -0.4 is 9.47 Å². The summed E-state index contributed by atoms with van der Waals surface area (Å²) in [6.07, 6.45) is 9.22. The van der Waals surface area contributed by atoms with E-state index in [1.807, 2.05) is 24.4 Å². The second-order valence-electron chi connectivity index (χ2n) is 6.38. The number of rotatable bonds is 8. The van der Waals surface area contributed by atoms with Gasteiger partial charge < -0.3 is 18.9 Å². The summed E-state index contributed by atoms with van der Waals surface area (Å²) >= 11 is 0. The Labute approximate surface area is 165 Å². The minimum absolute atomic E-state index is 0.111. The van der Waals surface area contributed by atoms with Crippen molar-refractivity contribution in [2.24, 2.45) is 0 Å². The van der Waals surface area contributed by atoms with Crippen molar-refractivity contribution in [3.05, 3.63) is 58.9 Å². The number of fused-ring (bicyclic) bond motifs is 1. The van der Waals surface area contributed by atoms with E-state index in [-0.39, 0.29) is 6.79 Å². The van der Waals surface area contributed by atoms with E-state index in [1.165, 1.54) is 6.08 Å². The molecule has 1 aromatic carbocycles. The third-order valence-corrected chi connectivity index (χ3v) is 4.42. The summed E-state index contributed by atoms with van der Waals surface area (Å²) in [6.45, 7) is 2.89. The summed E-state index contributed by atoms with van der Waals surface area (Å²) in [6, 6.07) is 5.87. The molecule has 0 radical (unpaired) electrons. The standard InChI is InChI=1S/C22H25NO5/c1-3-26-21(24)9-8-17-13-20-18(7-5-11-27-20)19(22(17)28-15-25-2)12-16-6-4-10-23-14-16/h4,6,8-10,13-14H,3,5,7,11-12,15H2,1-2H3/b9-8+. The van der Waals surface area contributed by atoms with E-state index >= 15 is 0 Å². The maximum absolute atomic E-state index is 11.8. The van der Waals surface area contributed by atoms with Crippen LogP contribution in [0.4, 0.5) is 0 Å². The molecule has 6 nitrogen and oxygen atoms in total. The molecule has 0 bridgehead atoms. The Morgan fingerprint density at radius 1 is 1.39 bits per heavy atom. The highest BCUT2D eigenvalue weighted by atomic mass is 16.7. The van der Waals surface area contributed by atoms with Gasteiger partial charge in [-0.1, -0.05) is 6.07 Å². The number of carbonyl (C=O) groups excluding carboxylic acids is 1. The first-order chi connectivity index (χ1) is 13.7. The molecule has 0 N–H and O–H groups in total. The fraction of sp³-hybridized carbons (Fsp3) is 0.364. The summed E-state index contributed by atoms with van der Waals surface area (Å²) < 4.78 is 22.0. The second-order valence-corrected chi connectivity index (χ2v) is 6.38. The van der Waals surface area contributed by atoms with Gasteiger partial charge >= 0.3 is 5.97 Å². The summed E-state index contributed by atoms with van der Waals surface area (Å²) in [5.74, 6) is 1.13. The zero-order valence-electron chi connectivity index (χ0n) is 16.3. The molecule has 0 saturated carbocycles. The Balaban J connectivity index is 2.07. The third-order valence-electron chi connectivity index (χ3n) is 4.42. The lowest BCUT2D eigenvalue weighted by Crippen LogP contribution is -2.14. The van der Waals surface area contributed by atoms with Crippen LogP contribution in [-0.2, 0) is 27.1 Å². The van der Waals surface area contributed by atoms with Crippen molar-refractivity contribution in [3.63, 3.8) is 0 Å². The number of nitrogens with zero attached hydrogens (tertiary/aromatic N) is 1. The smallest absolute Gasteiger partial charge is 0.330 e. The Bertz CT molecular complexity index is 833. The van der Waals surface area contributed by atoms with Crippen molar-refractivity contribution >= 4 is 12.0 Å². The highest BCUT2D eigenvalue weighted by Gasteiger charge is 2.22. The van der Waals surface area contributed by atoms with Crippen LogP contribution in [0.2, 0.25) is 0 Å². The van der Waals surface area contributed by atoms with Gasteiger partial charge in [-0.3, -0.25) is 4.98 Å². The molecule has 0 aliphatic carbocycles. The van der Waals surface area contributed by atoms with Gasteiger partial charge in [-0.05, 0) is 43.5 Å². The van der Waals surface area contributed by atoms with Gasteiger partial charge in [0.25, 0.3) is 0 Å². The molecule has 0 unspecified atom stereocenters. The van der Waals surface area contributed by atoms with E-state index in [1.54, 1.807) is 26.3 Å². The Kier molecular flexibility index (Phi) is 7.03. The Morgan fingerprint density at radius 2 is 2.29 bits per heavy atom. The Hall–Kier alpha value is -2.86. The number of ether oxygens (including phenoxy) is 4. The summed E-state index contributed by atoms with van der Waals surface area (Å²) in [7, 11) is 1.58. The molecule has 148 valence electrons. The van der Waals surface area contributed by atoms with Crippen LogP contribution in [0.5, 0.6) is 11.5 Å². The average molecular weight is 383 g/mol. The largest absolute Gasteiger partial charge is 0.493 e. The maximum Gasteiger partial charge on any atom is 0.330 e. The van der Waals surface area contributed by atoms with Crippen LogP contribution in [0, 0.1) is 0 Å². The molecule has 1 aromatic heterocycles. The number of hydrogen-bond donors (Lipinski definition) is 0. The first kappa shape index (κ1) is 19.9. The van der Waals surface area contributed by atoms with Crippen molar-refractivity contribution < 1.29 is 23.7 Å². The number of hydrogen-bond acceptors (Lipinski definition) is 6. The van der Waals surface area contributed by atoms with E-state index in [9.17, 15) is 4.79 Å². The number of benzene rings is 1. The minimum atomic E-state index is -0.396. The molecule has 2 heterocycles. The van der Waals surface area contributed by atoms with Crippen LogP contribution in [0.1, 0.15) is 35.6 Å². The van der Waals surface area contributed by atoms with E-state index in [2.05, 4.69) is 4.98 Å². The fourth-order valence-electron chi connectivity index (χ4n) is 3.24. The third kappa shape index (κ3) is 4.89. The number of pyridine rings is 1. The van der Waals surface area contributed by atoms with Crippen LogP contribution >= 0.6 is 0 Å². The van der Waals surface area contributed by atoms with Gasteiger partial charge in [-0.15, -0.1) is 0 Å². The normalized spacial score (nSPS) is 13.1. The predicted molar refractivity (Wildman–Crippen MR) is 105 cm³/mol. The zero-order valence-corrected chi connectivity index (χ0v) is 16.3. The van der Waals surface area contributed by atoms with Crippen LogP contribution in [-0.4, -0.2) is 38.1 Å². The van der Waals surface area contributed by atoms with Crippen molar-refractivity contribution in [1.82, 2.24) is 4.98 Å². The van der Waals surface area contributed by atoms with Crippen molar-refractivity contribution in [1.29, 1.82) is 0 Å². The average Bonchev–Trinajstić information content (AvgIpc) is 2.72. The van der Waals surface area contributed by atoms with Crippen molar-refractivity contribution in [2.45, 2.75) is 26.2 Å². The summed E-state index contributed by atoms with van der Waals surface area (Å²) in [4.78, 5) is 16.0. The predicted octanol–water partition coefficient (Wildman–Crippen LogP) is 3.56. The van der Waals surface area contributed by atoms with Gasteiger partial charge in [-0.2, -0.15) is 0 Å². The van der Waals surface area contributed by atoms with E-state index in [0.717, 1.165) is 40.8 Å². The minimum Gasteiger partial charge on any atom is -0.493 e. The number of esters is 1. The molecular weight excluding hydrogens is 358 g/mol. The highest BCUT2D eigenvalue weighted by molar-refractivity contribution is 5.88. The van der Waals surface area contributed by atoms with Gasteiger partial charge in [0.2, 0.25) is 0 Å². The lowest BCUT2D eigenvalue weighted by molar-refractivity contribution is -0.137. The molecule has 0 fully saturated rings. The Morgan fingerprint density at radius 3 is 3.04 bits per heavy atom. The maximum atomic E-state index is 11.8. The first-order valence-electron chi connectivity index (χ1n) is 9.40. The van der Waals surface area contributed by atoms with Crippen molar-refractivity contribution in [2.75, 3.05) is 27.1 Å². The number of methoxy groups -OCH3 is 1. The van der Waals surface area contributed by atoms with E-state index < -0.39 is 5.97 Å². The molecule has 2 aromatic rings. The lowest BCUT2D eigenvalue weighted by atomic mass is 9.92. The fourth-order valence-corrected chi connectivity index (χ4v) is 3.24. The van der Waals surface area contributed by atoms with E-state index in [0.29, 0.717) is 25.4 Å². The molecule has 0 spiro atoms. The molecule has 1 aliphatic heterocycles. The molecule has 0 atom stereocenters. The highest BCUT2D eigenvalue weighted by Crippen LogP contribution is 2.39. The van der Waals surface area contributed by atoms with E-state index in [4.69, 9.17) is 18.9 Å². The van der Waals surface area contributed by atoms with Gasteiger partial charge in [0, 0.05) is 48.7 Å². The van der Waals surface area contributed by atoms with Gasteiger partial charge in [0.05, 0.1) is 13.2 Å². The molecule has 1 aliphatic rings. The lowest BCUT2D eigenvalue weighted by Gasteiger charge is -2.24. The molecule has 0 saturated heterocycles. The molecule has 3 rings (SSSR count). The van der Waals surface area contributed by atoms with Gasteiger partial charge in [0.1, 0.15) is 11.5 Å². The monoisotopic (exact) mass is 383 g/mol. The second kappa shape index (κ2) is 9.90. The van der Waals surface area contributed by atoms with Gasteiger partial charge in [0.15, 0.2) is 6.79 Å². The van der Waals surface area contributed by atoms with Gasteiger partial charge in [-0.25, -0.2) is 4.79 Å². The first-order valence-corrected chi connectivity index (χ1v) is 9.40. The topological polar surface area (TPSA) is 66.9 Å². The number of aromatic nitrogens is 1.